The standard InChI is InChI=1S/C19H18ClN3O2/c20-16-9-15(23-12-22-17-3-1-2-4-18(17)23)6-5-13(16)10-21-19(24)14-7-8-25-11-14/h1-6,9,12,14H,7-8,10-11H2,(H,21,24). The van der Waals surface area contributed by atoms with Crippen LogP contribution in [0.25, 0.3) is 16.7 Å². The molecule has 1 atom stereocenters. The summed E-state index contributed by atoms with van der Waals surface area (Å²) in [6.45, 7) is 1.58. The maximum Gasteiger partial charge on any atom is 0.225 e. The highest BCUT2D eigenvalue weighted by Gasteiger charge is 2.23. The lowest BCUT2D eigenvalue weighted by atomic mass is 10.1. The van der Waals surface area contributed by atoms with Gasteiger partial charge in [-0.1, -0.05) is 29.8 Å². The monoisotopic (exact) mass is 355 g/mol. The molecule has 1 aromatic heterocycles. The van der Waals surface area contributed by atoms with Crippen molar-refractivity contribution in [2.75, 3.05) is 13.2 Å². The number of hydrogen-bond donors (Lipinski definition) is 1. The van der Waals surface area contributed by atoms with E-state index in [1.54, 1.807) is 6.33 Å². The SMILES string of the molecule is O=C(NCc1ccc(-n2cnc3ccccc32)cc1Cl)C1CCOC1. The maximum atomic E-state index is 12.1. The van der Waals surface area contributed by atoms with Crippen molar-refractivity contribution in [3.8, 4) is 5.69 Å². The van der Waals surface area contributed by atoms with E-state index in [-0.39, 0.29) is 11.8 Å². The molecule has 5 nitrogen and oxygen atoms in total. The Bertz CT molecular complexity index is 916. The molecule has 1 saturated heterocycles. The molecular formula is C19H18ClN3O2. The van der Waals surface area contributed by atoms with Crippen molar-refractivity contribution in [2.24, 2.45) is 5.92 Å². The maximum absolute atomic E-state index is 12.1. The van der Waals surface area contributed by atoms with Crippen molar-refractivity contribution in [3.63, 3.8) is 0 Å². The van der Waals surface area contributed by atoms with Crippen LogP contribution in [0.4, 0.5) is 0 Å². The summed E-state index contributed by atoms with van der Waals surface area (Å²) in [6, 6.07) is 13.8. The Morgan fingerprint density at radius 3 is 3.00 bits per heavy atom. The van der Waals surface area contributed by atoms with Gasteiger partial charge in [0.1, 0.15) is 6.33 Å². The number of imidazole rings is 1. The molecule has 1 fully saturated rings. The largest absolute Gasteiger partial charge is 0.381 e. The van der Waals surface area contributed by atoms with E-state index < -0.39 is 0 Å². The molecule has 0 aliphatic carbocycles. The summed E-state index contributed by atoms with van der Waals surface area (Å²) in [5.41, 5.74) is 3.80. The zero-order valence-corrected chi connectivity index (χ0v) is 14.4. The molecule has 0 saturated carbocycles. The summed E-state index contributed by atoms with van der Waals surface area (Å²) in [7, 11) is 0. The molecule has 1 unspecified atom stereocenters. The van der Waals surface area contributed by atoms with E-state index in [9.17, 15) is 4.79 Å². The van der Waals surface area contributed by atoms with E-state index in [1.807, 2.05) is 47.0 Å². The van der Waals surface area contributed by atoms with Gasteiger partial charge in [-0.05, 0) is 36.2 Å². The molecule has 4 rings (SSSR count). The predicted molar refractivity (Wildman–Crippen MR) is 96.9 cm³/mol. The van der Waals surface area contributed by atoms with Crippen LogP contribution in [0.5, 0.6) is 0 Å². The van der Waals surface area contributed by atoms with Gasteiger partial charge in [0.05, 0.1) is 23.6 Å². The van der Waals surface area contributed by atoms with Crippen LogP contribution >= 0.6 is 11.6 Å². The average Bonchev–Trinajstić information content (AvgIpc) is 3.30. The van der Waals surface area contributed by atoms with Crippen LogP contribution in [0.2, 0.25) is 5.02 Å². The normalized spacial score (nSPS) is 17.1. The van der Waals surface area contributed by atoms with Gasteiger partial charge in [0.15, 0.2) is 0 Å². The minimum absolute atomic E-state index is 0.0262. The van der Waals surface area contributed by atoms with Crippen LogP contribution < -0.4 is 5.32 Å². The second-order valence-corrected chi connectivity index (χ2v) is 6.56. The second kappa shape index (κ2) is 6.86. The first-order valence-electron chi connectivity index (χ1n) is 8.29. The van der Waals surface area contributed by atoms with Gasteiger partial charge >= 0.3 is 0 Å². The second-order valence-electron chi connectivity index (χ2n) is 6.16. The van der Waals surface area contributed by atoms with Gasteiger partial charge in [-0.15, -0.1) is 0 Å². The molecule has 25 heavy (non-hydrogen) atoms. The number of carbonyl (C=O) groups is 1. The highest BCUT2D eigenvalue weighted by atomic mass is 35.5. The van der Waals surface area contributed by atoms with Crippen molar-refractivity contribution in [1.82, 2.24) is 14.9 Å². The van der Waals surface area contributed by atoms with Crippen molar-refractivity contribution >= 4 is 28.5 Å². The first-order valence-corrected chi connectivity index (χ1v) is 8.66. The van der Waals surface area contributed by atoms with Crippen LogP contribution in [-0.2, 0) is 16.1 Å². The molecule has 1 aliphatic rings. The molecular weight excluding hydrogens is 338 g/mol. The Hall–Kier alpha value is -2.37. The number of nitrogens with one attached hydrogen (secondary N) is 1. The third kappa shape index (κ3) is 3.25. The van der Waals surface area contributed by atoms with E-state index >= 15 is 0 Å². The van der Waals surface area contributed by atoms with Gasteiger partial charge in [-0.2, -0.15) is 0 Å². The number of carbonyl (C=O) groups excluding carboxylic acids is 1. The number of hydrogen-bond acceptors (Lipinski definition) is 3. The molecule has 0 bridgehead atoms. The van der Waals surface area contributed by atoms with Crippen molar-refractivity contribution in [3.05, 3.63) is 59.4 Å². The molecule has 2 heterocycles. The van der Waals surface area contributed by atoms with Gasteiger partial charge in [0.2, 0.25) is 5.91 Å². The number of aromatic nitrogens is 2. The molecule has 128 valence electrons. The molecule has 1 amide bonds. The smallest absolute Gasteiger partial charge is 0.225 e. The van der Waals surface area contributed by atoms with Crippen molar-refractivity contribution in [1.29, 1.82) is 0 Å². The number of halogens is 1. The summed E-state index contributed by atoms with van der Waals surface area (Å²) in [5.74, 6) is -0.0198. The molecule has 6 heteroatoms. The number of nitrogens with zero attached hydrogens (tertiary/aromatic N) is 2. The summed E-state index contributed by atoms with van der Waals surface area (Å²) >= 11 is 6.43. The fourth-order valence-electron chi connectivity index (χ4n) is 3.06. The lowest BCUT2D eigenvalue weighted by Crippen LogP contribution is -2.30. The van der Waals surface area contributed by atoms with Crippen LogP contribution in [0.3, 0.4) is 0 Å². The quantitative estimate of drug-likeness (QED) is 0.781. The lowest BCUT2D eigenvalue weighted by molar-refractivity contribution is -0.125. The Morgan fingerprint density at radius 1 is 1.32 bits per heavy atom. The van der Waals surface area contributed by atoms with Gasteiger partial charge in [-0.3, -0.25) is 9.36 Å². The third-order valence-corrected chi connectivity index (χ3v) is 4.87. The Morgan fingerprint density at radius 2 is 2.20 bits per heavy atom. The zero-order valence-electron chi connectivity index (χ0n) is 13.6. The Balaban J connectivity index is 1.51. The van der Waals surface area contributed by atoms with Gasteiger partial charge < -0.3 is 10.1 Å². The van der Waals surface area contributed by atoms with E-state index in [4.69, 9.17) is 16.3 Å². The van der Waals surface area contributed by atoms with E-state index in [2.05, 4.69) is 10.3 Å². The molecule has 0 spiro atoms. The summed E-state index contributed by atoms with van der Waals surface area (Å²) in [5, 5.41) is 3.57. The third-order valence-electron chi connectivity index (χ3n) is 4.52. The molecule has 2 aromatic carbocycles. The number of benzene rings is 2. The molecule has 0 radical (unpaired) electrons. The van der Waals surface area contributed by atoms with E-state index in [0.29, 0.717) is 24.8 Å². The van der Waals surface area contributed by atoms with Crippen molar-refractivity contribution < 1.29 is 9.53 Å². The molecule has 3 aromatic rings. The number of rotatable bonds is 4. The number of fused-ring (bicyclic) bond motifs is 1. The zero-order chi connectivity index (χ0) is 17.2. The Kier molecular flexibility index (Phi) is 4.42. The van der Waals surface area contributed by atoms with Gasteiger partial charge in [0.25, 0.3) is 0 Å². The highest BCUT2D eigenvalue weighted by Crippen LogP contribution is 2.24. The first kappa shape index (κ1) is 16.1. The number of ether oxygens (including phenoxy) is 1. The summed E-state index contributed by atoms with van der Waals surface area (Å²) in [4.78, 5) is 16.5. The van der Waals surface area contributed by atoms with Crippen LogP contribution in [-0.4, -0.2) is 28.7 Å². The minimum atomic E-state index is -0.0460. The first-order chi connectivity index (χ1) is 12.2. The average molecular weight is 356 g/mol. The molecule has 1 N–H and O–H groups in total. The van der Waals surface area contributed by atoms with Crippen LogP contribution in [0, 0.1) is 5.92 Å². The van der Waals surface area contributed by atoms with Gasteiger partial charge in [-0.25, -0.2) is 4.98 Å². The highest BCUT2D eigenvalue weighted by molar-refractivity contribution is 6.31. The van der Waals surface area contributed by atoms with Gasteiger partial charge in [0, 0.05) is 23.9 Å². The lowest BCUT2D eigenvalue weighted by Gasteiger charge is -2.12. The fraction of sp³-hybridized carbons (Fsp3) is 0.263. The summed E-state index contributed by atoms with van der Waals surface area (Å²) < 4.78 is 7.25. The number of para-hydroxylation sites is 2. The summed E-state index contributed by atoms with van der Waals surface area (Å²) in [6.07, 6.45) is 2.57. The topological polar surface area (TPSA) is 56.2 Å². The number of amides is 1. The molecule has 1 aliphatic heterocycles. The Labute approximate surface area is 150 Å². The van der Waals surface area contributed by atoms with E-state index in [1.165, 1.54) is 0 Å². The van der Waals surface area contributed by atoms with E-state index in [0.717, 1.165) is 28.7 Å². The van der Waals surface area contributed by atoms with Crippen molar-refractivity contribution in [2.45, 2.75) is 13.0 Å². The van der Waals surface area contributed by atoms with Crippen LogP contribution in [0.1, 0.15) is 12.0 Å². The predicted octanol–water partition coefficient (Wildman–Crippen LogP) is 3.33. The fourth-order valence-corrected chi connectivity index (χ4v) is 3.30. The minimum Gasteiger partial charge on any atom is -0.381 e. The van der Waals surface area contributed by atoms with Crippen LogP contribution in [0.15, 0.2) is 48.8 Å².